The molecule has 0 spiro atoms. The standard InChI is InChI=1S/C13H14N2O4/c1-3-18-13(16)12-15-14-11(19-12)10(17-2)9-7-5-4-6-8-9/h4-8,10H,3H2,1-2H3. The Balaban J connectivity index is 2.23. The molecule has 0 radical (unpaired) electrons. The molecule has 1 unspecified atom stereocenters. The van der Waals surface area contributed by atoms with Gasteiger partial charge in [-0.2, -0.15) is 0 Å². The molecule has 2 aromatic rings. The smallest absolute Gasteiger partial charge is 0.396 e. The van der Waals surface area contributed by atoms with Crippen LogP contribution in [0.25, 0.3) is 0 Å². The number of methoxy groups -OCH3 is 1. The predicted octanol–water partition coefficient (Wildman–Crippen LogP) is 1.98. The number of aromatic nitrogens is 2. The molecule has 2 rings (SSSR count). The van der Waals surface area contributed by atoms with Crippen LogP contribution in [0.2, 0.25) is 0 Å². The molecule has 6 heteroatoms. The molecular formula is C13H14N2O4. The van der Waals surface area contributed by atoms with Gasteiger partial charge in [-0.05, 0) is 12.5 Å². The van der Waals surface area contributed by atoms with E-state index < -0.39 is 12.1 Å². The SMILES string of the molecule is CCOC(=O)c1nnc(C(OC)c2ccccc2)o1. The molecule has 0 fully saturated rings. The van der Waals surface area contributed by atoms with Gasteiger partial charge in [-0.3, -0.25) is 0 Å². The van der Waals surface area contributed by atoms with Crippen LogP contribution in [-0.2, 0) is 9.47 Å². The van der Waals surface area contributed by atoms with Crippen molar-refractivity contribution in [2.24, 2.45) is 0 Å². The van der Waals surface area contributed by atoms with E-state index in [0.29, 0.717) is 0 Å². The van der Waals surface area contributed by atoms with Gasteiger partial charge in [0.1, 0.15) is 0 Å². The zero-order chi connectivity index (χ0) is 13.7. The molecule has 0 saturated heterocycles. The van der Waals surface area contributed by atoms with Crippen LogP contribution in [0.1, 0.15) is 35.2 Å². The summed E-state index contributed by atoms with van der Waals surface area (Å²) >= 11 is 0. The van der Waals surface area contributed by atoms with Crippen molar-refractivity contribution in [2.45, 2.75) is 13.0 Å². The summed E-state index contributed by atoms with van der Waals surface area (Å²) in [4.78, 5) is 11.4. The van der Waals surface area contributed by atoms with Crippen molar-refractivity contribution in [1.29, 1.82) is 0 Å². The maximum atomic E-state index is 11.4. The van der Waals surface area contributed by atoms with E-state index in [9.17, 15) is 4.79 Å². The molecule has 0 amide bonds. The number of hydrogen-bond acceptors (Lipinski definition) is 6. The van der Waals surface area contributed by atoms with Crippen LogP contribution in [0.3, 0.4) is 0 Å². The highest BCUT2D eigenvalue weighted by Gasteiger charge is 2.23. The number of ether oxygens (including phenoxy) is 2. The van der Waals surface area contributed by atoms with Crippen LogP contribution < -0.4 is 0 Å². The van der Waals surface area contributed by atoms with Crippen molar-refractivity contribution in [1.82, 2.24) is 10.2 Å². The second kappa shape index (κ2) is 6.10. The minimum atomic E-state index is -0.635. The average molecular weight is 262 g/mol. The first-order chi connectivity index (χ1) is 9.26. The Hall–Kier alpha value is -2.21. The van der Waals surface area contributed by atoms with Gasteiger partial charge in [-0.15, -0.1) is 10.2 Å². The lowest BCUT2D eigenvalue weighted by atomic mass is 10.1. The topological polar surface area (TPSA) is 74.5 Å². The fourth-order valence-electron chi connectivity index (χ4n) is 1.62. The molecule has 0 aliphatic heterocycles. The largest absolute Gasteiger partial charge is 0.459 e. The summed E-state index contributed by atoms with van der Waals surface area (Å²) in [5.74, 6) is -0.587. The van der Waals surface area contributed by atoms with Gasteiger partial charge in [-0.1, -0.05) is 30.3 Å². The average Bonchev–Trinajstić information content (AvgIpc) is 2.91. The normalized spacial score (nSPS) is 12.1. The molecule has 0 saturated carbocycles. The van der Waals surface area contributed by atoms with Crippen molar-refractivity contribution in [3.63, 3.8) is 0 Å². The number of nitrogens with zero attached hydrogens (tertiary/aromatic N) is 2. The quantitative estimate of drug-likeness (QED) is 0.767. The summed E-state index contributed by atoms with van der Waals surface area (Å²) < 4.78 is 15.4. The molecule has 19 heavy (non-hydrogen) atoms. The molecule has 0 N–H and O–H groups in total. The number of carbonyl (C=O) groups is 1. The van der Waals surface area contributed by atoms with Crippen LogP contribution in [0, 0.1) is 0 Å². The number of rotatable bonds is 5. The Morgan fingerprint density at radius 1 is 1.32 bits per heavy atom. The molecule has 0 aliphatic carbocycles. The monoisotopic (exact) mass is 262 g/mol. The third-order valence-corrected chi connectivity index (χ3v) is 2.45. The molecule has 1 aromatic carbocycles. The minimum absolute atomic E-state index is 0.171. The third kappa shape index (κ3) is 2.97. The van der Waals surface area contributed by atoms with Crippen LogP contribution in [0.4, 0.5) is 0 Å². The fourth-order valence-corrected chi connectivity index (χ4v) is 1.62. The van der Waals surface area contributed by atoms with E-state index in [1.807, 2.05) is 30.3 Å². The van der Waals surface area contributed by atoms with Crippen molar-refractivity contribution < 1.29 is 18.7 Å². The molecule has 1 atom stereocenters. The number of hydrogen-bond donors (Lipinski definition) is 0. The summed E-state index contributed by atoms with van der Waals surface area (Å²) in [5.41, 5.74) is 0.865. The summed E-state index contributed by atoms with van der Waals surface area (Å²) in [7, 11) is 1.53. The highest BCUT2D eigenvalue weighted by molar-refractivity contribution is 5.83. The van der Waals surface area contributed by atoms with E-state index in [4.69, 9.17) is 13.9 Å². The highest BCUT2D eigenvalue weighted by Crippen LogP contribution is 2.23. The fraction of sp³-hybridized carbons (Fsp3) is 0.308. The van der Waals surface area contributed by atoms with Gasteiger partial charge in [0.15, 0.2) is 6.10 Å². The van der Waals surface area contributed by atoms with Gasteiger partial charge in [0.2, 0.25) is 5.89 Å². The maximum absolute atomic E-state index is 11.4. The van der Waals surface area contributed by atoms with Crippen LogP contribution in [0.5, 0.6) is 0 Å². The van der Waals surface area contributed by atoms with E-state index >= 15 is 0 Å². The van der Waals surface area contributed by atoms with Crippen molar-refractivity contribution in [3.05, 3.63) is 47.7 Å². The van der Waals surface area contributed by atoms with E-state index in [0.717, 1.165) is 5.56 Å². The van der Waals surface area contributed by atoms with Crippen molar-refractivity contribution in [2.75, 3.05) is 13.7 Å². The summed E-state index contributed by atoms with van der Waals surface area (Å²) in [6.45, 7) is 1.96. The highest BCUT2D eigenvalue weighted by atomic mass is 16.5. The lowest BCUT2D eigenvalue weighted by Gasteiger charge is -2.10. The number of benzene rings is 1. The summed E-state index contributed by atoms with van der Waals surface area (Å²) in [6.07, 6.45) is -0.503. The van der Waals surface area contributed by atoms with E-state index in [1.54, 1.807) is 6.92 Å². The molecule has 0 bridgehead atoms. The van der Waals surface area contributed by atoms with Gasteiger partial charge in [-0.25, -0.2) is 4.79 Å². The first-order valence-electron chi connectivity index (χ1n) is 5.84. The Bertz CT molecular complexity index is 539. The summed E-state index contributed by atoms with van der Waals surface area (Å²) in [6, 6.07) is 9.41. The second-order valence-electron chi connectivity index (χ2n) is 3.69. The van der Waals surface area contributed by atoms with Crippen LogP contribution in [-0.4, -0.2) is 29.9 Å². The number of esters is 1. The second-order valence-corrected chi connectivity index (χ2v) is 3.69. The van der Waals surface area contributed by atoms with Crippen molar-refractivity contribution >= 4 is 5.97 Å². The van der Waals surface area contributed by atoms with Crippen molar-refractivity contribution in [3.8, 4) is 0 Å². The zero-order valence-electron chi connectivity index (χ0n) is 10.7. The Labute approximate surface area is 110 Å². The zero-order valence-corrected chi connectivity index (χ0v) is 10.7. The number of carbonyl (C=O) groups excluding carboxylic acids is 1. The van der Waals surface area contributed by atoms with E-state index in [1.165, 1.54) is 7.11 Å². The summed E-state index contributed by atoms with van der Waals surface area (Å²) in [5, 5.41) is 7.48. The van der Waals surface area contributed by atoms with E-state index in [-0.39, 0.29) is 18.4 Å². The van der Waals surface area contributed by atoms with Gasteiger partial charge in [0.05, 0.1) is 6.61 Å². The van der Waals surface area contributed by atoms with Gasteiger partial charge >= 0.3 is 11.9 Å². The predicted molar refractivity (Wildman–Crippen MR) is 65.5 cm³/mol. The first kappa shape index (κ1) is 13.2. The molecule has 0 aliphatic rings. The van der Waals surface area contributed by atoms with E-state index in [2.05, 4.69) is 10.2 Å². The lowest BCUT2D eigenvalue weighted by molar-refractivity contribution is 0.0468. The molecule has 1 aromatic heterocycles. The van der Waals surface area contributed by atoms with Gasteiger partial charge < -0.3 is 13.9 Å². The molecule has 6 nitrogen and oxygen atoms in total. The van der Waals surface area contributed by atoms with Crippen LogP contribution in [0.15, 0.2) is 34.7 Å². The first-order valence-corrected chi connectivity index (χ1v) is 5.84. The maximum Gasteiger partial charge on any atom is 0.396 e. The lowest BCUT2D eigenvalue weighted by Crippen LogP contribution is -2.05. The molecule has 1 heterocycles. The minimum Gasteiger partial charge on any atom is -0.459 e. The van der Waals surface area contributed by atoms with Gasteiger partial charge in [0, 0.05) is 7.11 Å². The van der Waals surface area contributed by atoms with Gasteiger partial charge in [0.25, 0.3) is 0 Å². The third-order valence-electron chi connectivity index (χ3n) is 2.45. The Kier molecular flexibility index (Phi) is 4.25. The Morgan fingerprint density at radius 2 is 2.05 bits per heavy atom. The molecule has 100 valence electrons. The molecular weight excluding hydrogens is 248 g/mol. The Morgan fingerprint density at radius 3 is 2.68 bits per heavy atom. The van der Waals surface area contributed by atoms with Crippen LogP contribution >= 0.6 is 0 Å².